The summed E-state index contributed by atoms with van der Waals surface area (Å²) in [6.07, 6.45) is 4.39. The van der Waals surface area contributed by atoms with E-state index < -0.39 is 0 Å². The highest BCUT2D eigenvalue weighted by Gasteiger charge is 2.09. The van der Waals surface area contributed by atoms with Gasteiger partial charge in [-0.3, -0.25) is 0 Å². The van der Waals surface area contributed by atoms with Crippen molar-refractivity contribution in [3.05, 3.63) is 169 Å². The Balaban J connectivity index is 1.09. The Morgan fingerprint density at radius 3 is 1.02 bits per heavy atom. The molecule has 0 saturated carbocycles. The van der Waals surface area contributed by atoms with Crippen LogP contribution in [0.25, 0.3) is 77.5 Å². The summed E-state index contributed by atoms with van der Waals surface area (Å²) in [5.74, 6) is 0. The Morgan fingerprint density at radius 2 is 0.619 bits per heavy atom. The van der Waals surface area contributed by atoms with Gasteiger partial charge in [0.1, 0.15) is 0 Å². The van der Waals surface area contributed by atoms with Crippen LogP contribution < -0.4 is 0 Å². The topological polar surface area (TPSA) is 0 Å². The molecule has 0 spiro atoms. The van der Waals surface area contributed by atoms with E-state index in [1.807, 2.05) is 0 Å². The van der Waals surface area contributed by atoms with Gasteiger partial charge in [-0.15, -0.1) is 0 Å². The van der Waals surface area contributed by atoms with E-state index >= 15 is 0 Å². The highest BCUT2D eigenvalue weighted by atomic mass is 14.1. The molecule has 0 amide bonds. The van der Waals surface area contributed by atoms with Crippen LogP contribution in [0.5, 0.6) is 0 Å². The summed E-state index contributed by atoms with van der Waals surface area (Å²) < 4.78 is 0. The van der Waals surface area contributed by atoms with Crippen LogP contribution in [0.4, 0.5) is 0 Å². The Hall–Kier alpha value is -5.46. The number of rotatable bonds is 4. The van der Waals surface area contributed by atoms with Crippen molar-refractivity contribution in [3.63, 3.8) is 0 Å². The first-order valence-electron chi connectivity index (χ1n) is 14.5. The Morgan fingerprint density at radius 1 is 0.286 bits per heavy atom. The number of benzene rings is 8. The monoisotopic (exact) mass is 532 g/mol. The lowest BCUT2D eigenvalue weighted by Gasteiger charge is -2.11. The molecule has 8 aromatic rings. The summed E-state index contributed by atoms with van der Waals surface area (Å²) in [5, 5.41) is 10.3. The molecule has 42 heavy (non-hydrogen) atoms. The third-order valence-corrected chi connectivity index (χ3v) is 8.45. The summed E-state index contributed by atoms with van der Waals surface area (Å²) in [6.45, 7) is 0. The smallest absolute Gasteiger partial charge is 0.00990 e. The highest BCUT2D eigenvalue weighted by Crippen LogP contribution is 2.36. The van der Waals surface area contributed by atoms with E-state index in [0.29, 0.717) is 0 Å². The van der Waals surface area contributed by atoms with Gasteiger partial charge >= 0.3 is 0 Å². The van der Waals surface area contributed by atoms with E-state index in [4.69, 9.17) is 0 Å². The van der Waals surface area contributed by atoms with E-state index in [1.165, 1.54) is 76.5 Å². The number of fused-ring (bicyclic) bond motifs is 6. The van der Waals surface area contributed by atoms with Crippen LogP contribution in [0.2, 0.25) is 0 Å². The summed E-state index contributed by atoms with van der Waals surface area (Å²) in [7, 11) is 0. The first kappa shape index (κ1) is 24.3. The van der Waals surface area contributed by atoms with Crippen LogP contribution in [0.3, 0.4) is 0 Å². The second-order valence-electron chi connectivity index (χ2n) is 11.0. The lowest BCUT2D eigenvalue weighted by molar-refractivity contribution is 1.62. The fourth-order valence-corrected chi connectivity index (χ4v) is 6.33. The molecule has 0 aliphatic rings. The minimum absolute atomic E-state index is 1.19. The molecule has 0 nitrogen and oxygen atoms in total. The predicted octanol–water partition coefficient (Wildman–Crippen LogP) is 11.8. The van der Waals surface area contributed by atoms with Gasteiger partial charge in [0.2, 0.25) is 0 Å². The maximum atomic E-state index is 2.32. The normalized spacial score (nSPS) is 11.7. The van der Waals surface area contributed by atoms with Crippen LogP contribution in [0, 0.1) is 0 Å². The molecule has 0 radical (unpaired) electrons. The van der Waals surface area contributed by atoms with Crippen molar-refractivity contribution in [3.8, 4) is 22.3 Å². The Labute approximate surface area is 245 Å². The maximum Gasteiger partial charge on any atom is -0.00990 e. The molecule has 0 unspecified atom stereocenters. The van der Waals surface area contributed by atoms with Crippen molar-refractivity contribution in [2.24, 2.45) is 0 Å². The molecular formula is C42H28. The van der Waals surface area contributed by atoms with Crippen LogP contribution in [0.15, 0.2) is 158 Å². The summed E-state index contributed by atoms with van der Waals surface area (Å²) in [5.41, 5.74) is 7.40. The standard InChI is InChI=1S/C42H28/c1-3-11-35-33(9-1)27-41(39-15-7-5-13-37(35)39)31-23-19-29(20-24-31)17-18-30-21-25-32(26-22-30)42-28-34-10-2-4-12-36(34)38-14-6-8-16-40(38)42/h1-28H/b18-17+. The average Bonchev–Trinajstić information content (AvgIpc) is 3.07. The molecule has 0 aliphatic heterocycles. The fourth-order valence-electron chi connectivity index (χ4n) is 6.33. The van der Waals surface area contributed by atoms with Gasteiger partial charge in [-0.25, -0.2) is 0 Å². The third-order valence-electron chi connectivity index (χ3n) is 8.45. The molecule has 0 bridgehead atoms. The molecule has 0 heterocycles. The molecule has 0 heteroatoms. The van der Waals surface area contributed by atoms with Crippen LogP contribution in [-0.4, -0.2) is 0 Å². The van der Waals surface area contributed by atoms with Crippen molar-refractivity contribution >= 4 is 55.2 Å². The Bertz CT molecular complexity index is 2100. The second kappa shape index (κ2) is 10.2. The van der Waals surface area contributed by atoms with Crippen molar-refractivity contribution in [2.45, 2.75) is 0 Å². The molecule has 0 atom stereocenters. The van der Waals surface area contributed by atoms with Crippen molar-refractivity contribution < 1.29 is 0 Å². The van der Waals surface area contributed by atoms with Crippen molar-refractivity contribution in [2.75, 3.05) is 0 Å². The van der Waals surface area contributed by atoms with Gasteiger partial charge in [-0.05, 0) is 88.6 Å². The van der Waals surface area contributed by atoms with Gasteiger partial charge in [0.05, 0.1) is 0 Å². The number of hydrogen-bond acceptors (Lipinski definition) is 0. The predicted molar refractivity (Wildman–Crippen MR) is 183 cm³/mol. The third kappa shape index (κ3) is 4.26. The van der Waals surface area contributed by atoms with Gasteiger partial charge in [-0.1, -0.05) is 158 Å². The summed E-state index contributed by atoms with van der Waals surface area (Å²) in [4.78, 5) is 0. The number of hydrogen-bond donors (Lipinski definition) is 0. The quantitative estimate of drug-likeness (QED) is 0.156. The van der Waals surface area contributed by atoms with E-state index in [0.717, 1.165) is 0 Å². The summed E-state index contributed by atoms with van der Waals surface area (Å²) >= 11 is 0. The van der Waals surface area contributed by atoms with Crippen LogP contribution >= 0.6 is 0 Å². The molecule has 0 aromatic heterocycles. The van der Waals surface area contributed by atoms with Crippen molar-refractivity contribution in [1.29, 1.82) is 0 Å². The van der Waals surface area contributed by atoms with Crippen LogP contribution in [0.1, 0.15) is 11.1 Å². The molecular weight excluding hydrogens is 504 g/mol. The van der Waals surface area contributed by atoms with E-state index in [2.05, 4.69) is 170 Å². The molecule has 8 aromatic carbocycles. The second-order valence-corrected chi connectivity index (χ2v) is 11.0. The SMILES string of the molecule is C(=C\c1ccc(-c2cc3ccccc3c3ccccc23)cc1)/c1ccc(-c2cc3ccccc3c3ccccc23)cc1. The van der Waals surface area contributed by atoms with Crippen LogP contribution in [-0.2, 0) is 0 Å². The van der Waals surface area contributed by atoms with E-state index in [9.17, 15) is 0 Å². The first-order valence-corrected chi connectivity index (χ1v) is 14.5. The minimum atomic E-state index is 1.19. The molecule has 0 aliphatic carbocycles. The molecule has 0 saturated heterocycles. The summed E-state index contributed by atoms with van der Waals surface area (Å²) in [6, 6.07) is 57.2. The van der Waals surface area contributed by atoms with Crippen molar-refractivity contribution in [1.82, 2.24) is 0 Å². The largest absolute Gasteiger partial charge is 0.0616 e. The first-order chi connectivity index (χ1) is 20.8. The van der Waals surface area contributed by atoms with E-state index in [-0.39, 0.29) is 0 Å². The van der Waals surface area contributed by atoms with E-state index in [1.54, 1.807) is 0 Å². The minimum Gasteiger partial charge on any atom is -0.0616 e. The zero-order chi connectivity index (χ0) is 27.9. The lowest BCUT2D eigenvalue weighted by atomic mass is 9.92. The molecule has 0 N–H and O–H groups in total. The zero-order valence-corrected chi connectivity index (χ0v) is 23.2. The van der Waals surface area contributed by atoms with Gasteiger partial charge in [0, 0.05) is 0 Å². The van der Waals surface area contributed by atoms with Gasteiger partial charge in [-0.2, -0.15) is 0 Å². The van der Waals surface area contributed by atoms with Gasteiger partial charge in [0.25, 0.3) is 0 Å². The van der Waals surface area contributed by atoms with Gasteiger partial charge < -0.3 is 0 Å². The molecule has 8 rings (SSSR count). The molecule has 0 fully saturated rings. The maximum absolute atomic E-state index is 2.32. The van der Waals surface area contributed by atoms with Gasteiger partial charge in [0.15, 0.2) is 0 Å². The lowest BCUT2D eigenvalue weighted by Crippen LogP contribution is -1.85. The highest BCUT2D eigenvalue weighted by molar-refractivity contribution is 6.14. The fraction of sp³-hybridized carbons (Fsp3) is 0. The Kier molecular flexibility index (Phi) is 5.90. The molecule has 196 valence electrons. The zero-order valence-electron chi connectivity index (χ0n) is 23.2. The average molecular weight is 533 g/mol.